The van der Waals surface area contributed by atoms with E-state index in [2.05, 4.69) is 49.4 Å². The van der Waals surface area contributed by atoms with E-state index < -0.39 is 0 Å². The summed E-state index contributed by atoms with van der Waals surface area (Å²) < 4.78 is 0. The summed E-state index contributed by atoms with van der Waals surface area (Å²) in [5, 5.41) is 0. The number of benzene rings is 2. The molecule has 0 spiro atoms. The lowest BCUT2D eigenvalue weighted by Crippen LogP contribution is -1.93. The van der Waals surface area contributed by atoms with Gasteiger partial charge in [-0.05, 0) is 30.7 Å². The van der Waals surface area contributed by atoms with Gasteiger partial charge in [-0.15, -0.1) is 23.5 Å². The van der Waals surface area contributed by atoms with Gasteiger partial charge in [0.05, 0.1) is 0 Å². The molecular formula is C15H17NS2. The Morgan fingerprint density at radius 3 is 2.39 bits per heavy atom. The first-order chi connectivity index (χ1) is 8.77. The molecular weight excluding hydrogens is 258 g/mol. The van der Waals surface area contributed by atoms with Gasteiger partial charge in [-0.1, -0.05) is 30.3 Å². The molecule has 0 aliphatic rings. The van der Waals surface area contributed by atoms with Crippen LogP contribution in [0.25, 0.3) is 0 Å². The topological polar surface area (TPSA) is 26.0 Å². The van der Waals surface area contributed by atoms with Crippen LogP contribution >= 0.6 is 23.5 Å². The van der Waals surface area contributed by atoms with Crippen molar-refractivity contribution in [3.05, 3.63) is 54.1 Å². The highest BCUT2D eigenvalue weighted by Crippen LogP contribution is 2.28. The Balaban J connectivity index is 1.81. The van der Waals surface area contributed by atoms with Gasteiger partial charge < -0.3 is 5.73 Å². The molecule has 2 aromatic rings. The summed E-state index contributed by atoms with van der Waals surface area (Å²) in [5.74, 6) is 2.18. The Bertz CT molecular complexity index is 497. The van der Waals surface area contributed by atoms with E-state index in [0.29, 0.717) is 0 Å². The third kappa shape index (κ3) is 3.72. The van der Waals surface area contributed by atoms with Crippen molar-refractivity contribution >= 4 is 29.2 Å². The summed E-state index contributed by atoms with van der Waals surface area (Å²) in [6.07, 6.45) is 0. The molecule has 0 amide bonds. The van der Waals surface area contributed by atoms with Gasteiger partial charge in [0, 0.05) is 27.0 Å². The third-order valence-electron chi connectivity index (χ3n) is 2.64. The number of nitrogen functional groups attached to an aromatic ring is 1. The second-order valence-corrected chi connectivity index (χ2v) is 6.30. The van der Waals surface area contributed by atoms with Gasteiger partial charge in [0.25, 0.3) is 0 Å². The van der Waals surface area contributed by atoms with Gasteiger partial charge >= 0.3 is 0 Å². The molecule has 1 nitrogen and oxygen atoms in total. The highest BCUT2D eigenvalue weighted by atomic mass is 32.2. The highest BCUT2D eigenvalue weighted by molar-refractivity contribution is 8.03. The van der Waals surface area contributed by atoms with Crippen LogP contribution < -0.4 is 5.73 Å². The van der Waals surface area contributed by atoms with Gasteiger partial charge in [-0.3, -0.25) is 0 Å². The van der Waals surface area contributed by atoms with Crippen LogP contribution in [0.1, 0.15) is 5.56 Å². The zero-order valence-electron chi connectivity index (χ0n) is 10.4. The molecule has 2 aromatic carbocycles. The molecule has 94 valence electrons. The summed E-state index contributed by atoms with van der Waals surface area (Å²) in [4.78, 5) is 2.53. The molecule has 2 rings (SSSR count). The summed E-state index contributed by atoms with van der Waals surface area (Å²) in [7, 11) is 0. The predicted molar refractivity (Wildman–Crippen MR) is 83.5 cm³/mol. The molecule has 0 aliphatic heterocycles. The van der Waals surface area contributed by atoms with Crippen molar-refractivity contribution in [2.75, 3.05) is 17.2 Å². The summed E-state index contributed by atoms with van der Waals surface area (Å²) in [6.45, 7) is 2.05. The average Bonchev–Trinajstić information content (AvgIpc) is 2.40. The van der Waals surface area contributed by atoms with Crippen molar-refractivity contribution in [1.29, 1.82) is 0 Å². The van der Waals surface area contributed by atoms with Crippen LogP contribution in [0, 0.1) is 6.92 Å². The number of rotatable bonds is 5. The number of hydrogen-bond donors (Lipinski definition) is 1. The van der Waals surface area contributed by atoms with Crippen LogP contribution in [0.2, 0.25) is 0 Å². The minimum atomic E-state index is 0.923. The predicted octanol–water partition coefficient (Wildman–Crippen LogP) is 4.46. The second-order valence-electron chi connectivity index (χ2n) is 4.00. The van der Waals surface area contributed by atoms with Gasteiger partial charge in [-0.25, -0.2) is 0 Å². The fourth-order valence-corrected chi connectivity index (χ4v) is 3.57. The summed E-state index contributed by atoms with van der Waals surface area (Å²) >= 11 is 3.72. The molecule has 18 heavy (non-hydrogen) atoms. The molecule has 0 fully saturated rings. The molecule has 0 aliphatic carbocycles. The van der Waals surface area contributed by atoms with Crippen LogP contribution in [0.5, 0.6) is 0 Å². The van der Waals surface area contributed by atoms with E-state index in [4.69, 9.17) is 5.73 Å². The van der Waals surface area contributed by atoms with Gasteiger partial charge in [0.15, 0.2) is 0 Å². The van der Waals surface area contributed by atoms with E-state index >= 15 is 0 Å². The molecule has 0 saturated carbocycles. The first kappa shape index (κ1) is 13.4. The SMILES string of the molecule is Cc1cccc(SCCSc2ccccc2)c1N. The minimum absolute atomic E-state index is 0.923. The zero-order chi connectivity index (χ0) is 12.8. The monoisotopic (exact) mass is 275 g/mol. The minimum Gasteiger partial charge on any atom is -0.398 e. The normalized spacial score (nSPS) is 10.5. The molecule has 2 N–H and O–H groups in total. The van der Waals surface area contributed by atoms with Crippen molar-refractivity contribution in [1.82, 2.24) is 0 Å². The number of aryl methyl sites for hydroxylation is 1. The lowest BCUT2D eigenvalue weighted by atomic mass is 10.2. The molecule has 0 atom stereocenters. The van der Waals surface area contributed by atoms with Crippen LogP contribution in [0.3, 0.4) is 0 Å². The first-order valence-corrected chi connectivity index (χ1v) is 7.90. The maximum atomic E-state index is 6.05. The first-order valence-electron chi connectivity index (χ1n) is 5.93. The van der Waals surface area contributed by atoms with Gasteiger partial charge in [-0.2, -0.15) is 0 Å². The number of anilines is 1. The van der Waals surface area contributed by atoms with Crippen molar-refractivity contribution < 1.29 is 0 Å². The summed E-state index contributed by atoms with van der Waals surface area (Å²) in [5.41, 5.74) is 8.13. The highest BCUT2D eigenvalue weighted by Gasteiger charge is 2.02. The van der Waals surface area contributed by atoms with Crippen LogP contribution in [-0.4, -0.2) is 11.5 Å². The lowest BCUT2D eigenvalue weighted by molar-refractivity contribution is 1.36. The molecule has 0 aromatic heterocycles. The molecule has 0 bridgehead atoms. The van der Waals surface area contributed by atoms with Crippen molar-refractivity contribution in [2.45, 2.75) is 16.7 Å². The maximum Gasteiger partial charge on any atom is 0.0481 e. The fourth-order valence-electron chi connectivity index (χ4n) is 1.61. The Kier molecular flexibility index (Phi) is 5.02. The Hall–Kier alpha value is -1.06. The van der Waals surface area contributed by atoms with Crippen molar-refractivity contribution in [2.24, 2.45) is 0 Å². The third-order valence-corrected chi connectivity index (χ3v) is 4.98. The number of hydrogen-bond acceptors (Lipinski definition) is 3. The molecule has 0 heterocycles. The van der Waals surface area contributed by atoms with Gasteiger partial charge in [0.2, 0.25) is 0 Å². The van der Waals surface area contributed by atoms with Crippen LogP contribution in [-0.2, 0) is 0 Å². The quantitative estimate of drug-likeness (QED) is 0.495. The number of thioether (sulfide) groups is 2. The summed E-state index contributed by atoms with van der Waals surface area (Å²) in [6, 6.07) is 16.7. The lowest BCUT2D eigenvalue weighted by Gasteiger charge is -2.07. The van der Waals surface area contributed by atoms with Crippen LogP contribution in [0.4, 0.5) is 5.69 Å². The van der Waals surface area contributed by atoms with Crippen molar-refractivity contribution in [3.63, 3.8) is 0 Å². The van der Waals surface area contributed by atoms with E-state index in [0.717, 1.165) is 22.8 Å². The molecule has 0 radical (unpaired) electrons. The smallest absolute Gasteiger partial charge is 0.0481 e. The van der Waals surface area contributed by atoms with E-state index in [-0.39, 0.29) is 0 Å². The molecule has 0 saturated heterocycles. The second kappa shape index (κ2) is 6.76. The average molecular weight is 275 g/mol. The van der Waals surface area contributed by atoms with E-state index in [9.17, 15) is 0 Å². The largest absolute Gasteiger partial charge is 0.398 e. The maximum absolute atomic E-state index is 6.05. The van der Waals surface area contributed by atoms with E-state index in [1.54, 1.807) is 0 Å². The Morgan fingerprint density at radius 1 is 0.889 bits per heavy atom. The number of para-hydroxylation sites is 1. The Labute approximate surface area is 117 Å². The van der Waals surface area contributed by atoms with E-state index in [1.165, 1.54) is 9.79 Å². The molecule has 0 unspecified atom stereocenters. The van der Waals surface area contributed by atoms with Crippen LogP contribution in [0.15, 0.2) is 58.3 Å². The zero-order valence-corrected chi connectivity index (χ0v) is 12.1. The Morgan fingerprint density at radius 2 is 1.61 bits per heavy atom. The van der Waals surface area contributed by atoms with Gasteiger partial charge in [0.1, 0.15) is 0 Å². The fraction of sp³-hybridized carbons (Fsp3) is 0.200. The number of nitrogens with two attached hydrogens (primary N) is 1. The molecule has 3 heteroatoms. The van der Waals surface area contributed by atoms with Crippen molar-refractivity contribution in [3.8, 4) is 0 Å². The standard InChI is InChI=1S/C15H17NS2/c1-12-6-5-9-14(15(12)16)18-11-10-17-13-7-3-2-4-8-13/h2-9H,10-11,16H2,1H3. The van der Waals surface area contributed by atoms with E-state index in [1.807, 2.05) is 29.6 Å².